The molecule has 98 valence electrons. The number of aromatic amines is 1. The molecule has 1 aromatic carbocycles. The Kier molecular flexibility index (Phi) is 2.44. The highest BCUT2D eigenvalue weighted by Gasteiger charge is 2.39. The van der Waals surface area contributed by atoms with E-state index in [4.69, 9.17) is 0 Å². The van der Waals surface area contributed by atoms with Crippen LogP contribution < -0.4 is 0 Å². The molecule has 0 saturated carbocycles. The van der Waals surface area contributed by atoms with Gasteiger partial charge in [0, 0.05) is 34.6 Å². The third-order valence-electron chi connectivity index (χ3n) is 4.67. The monoisotopic (exact) mass is 252 g/mol. The standard InChI is InChI=1S/C17H20N2/c1-2-3-10-19-12-8-9-16(19)17-13-6-4-5-7-14(13)18-15(17)11-12/h3-7,10,12,16,18H,2,8-9,11H2,1H3/b10-3+/t12-,16+/m0/s1. The maximum atomic E-state index is 3.64. The second kappa shape index (κ2) is 4.16. The van der Waals surface area contributed by atoms with E-state index >= 15 is 0 Å². The van der Waals surface area contributed by atoms with Crippen LogP contribution in [0.5, 0.6) is 0 Å². The molecule has 3 heterocycles. The summed E-state index contributed by atoms with van der Waals surface area (Å²) in [5.74, 6) is 0. The molecular formula is C17H20N2. The molecule has 1 aromatic heterocycles. The van der Waals surface area contributed by atoms with Crippen molar-refractivity contribution in [2.45, 2.75) is 44.7 Å². The normalized spacial score (nSPS) is 25.4. The molecular weight excluding hydrogens is 232 g/mol. The molecule has 19 heavy (non-hydrogen) atoms. The number of fused-ring (bicyclic) bond motifs is 6. The summed E-state index contributed by atoms with van der Waals surface area (Å²) in [6.45, 7) is 2.21. The number of allylic oxidation sites excluding steroid dienone is 1. The molecule has 4 rings (SSSR count). The Hall–Kier alpha value is -1.70. The van der Waals surface area contributed by atoms with Gasteiger partial charge in [-0.1, -0.05) is 31.2 Å². The number of hydrogen-bond acceptors (Lipinski definition) is 1. The van der Waals surface area contributed by atoms with Crippen LogP contribution >= 0.6 is 0 Å². The fraction of sp³-hybridized carbons (Fsp3) is 0.412. The minimum atomic E-state index is 0.590. The number of nitrogens with zero attached hydrogens (tertiary/aromatic N) is 1. The highest BCUT2D eigenvalue weighted by atomic mass is 15.2. The summed E-state index contributed by atoms with van der Waals surface area (Å²) >= 11 is 0. The van der Waals surface area contributed by atoms with Gasteiger partial charge in [0.2, 0.25) is 0 Å². The summed E-state index contributed by atoms with van der Waals surface area (Å²) in [5.41, 5.74) is 4.35. The molecule has 0 radical (unpaired) electrons. The molecule has 2 nitrogen and oxygen atoms in total. The SMILES string of the molecule is CC/C=C/N1[C@H]2CC[C@@H]1c1c([nH]c3ccccc13)C2. The van der Waals surface area contributed by atoms with Gasteiger partial charge < -0.3 is 9.88 Å². The molecule has 0 aliphatic carbocycles. The first-order valence-corrected chi connectivity index (χ1v) is 7.42. The van der Waals surface area contributed by atoms with E-state index in [1.165, 1.54) is 35.9 Å². The van der Waals surface area contributed by atoms with Crippen LogP contribution in [0.3, 0.4) is 0 Å². The molecule has 2 atom stereocenters. The number of aromatic nitrogens is 1. The van der Waals surface area contributed by atoms with Crippen molar-refractivity contribution >= 4 is 10.9 Å². The summed E-state index contributed by atoms with van der Waals surface area (Å²) in [6, 6.07) is 10.0. The molecule has 0 amide bonds. The zero-order chi connectivity index (χ0) is 12.8. The number of rotatable bonds is 2. The van der Waals surface area contributed by atoms with Crippen LogP contribution in [-0.4, -0.2) is 15.9 Å². The van der Waals surface area contributed by atoms with Gasteiger partial charge in [-0.15, -0.1) is 0 Å². The van der Waals surface area contributed by atoms with Gasteiger partial charge in [-0.3, -0.25) is 0 Å². The smallest absolute Gasteiger partial charge is 0.0564 e. The summed E-state index contributed by atoms with van der Waals surface area (Å²) in [6.07, 6.45) is 9.56. The van der Waals surface area contributed by atoms with E-state index in [1.807, 2.05) is 0 Å². The van der Waals surface area contributed by atoms with Gasteiger partial charge in [0.1, 0.15) is 0 Å². The Morgan fingerprint density at radius 3 is 3.11 bits per heavy atom. The van der Waals surface area contributed by atoms with E-state index in [1.54, 1.807) is 5.56 Å². The minimum absolute atomic E-state index is 0.590. The Morgan fingerprint density at radius 1 is 1.32 bits per heavy atom. The second-order valence-electron chi connectivity index (χ2n) is 5.75. The van der Waals surface area contributed by atoms with Crippen LogP contribution in [0.4, 0.5) is 0 Å². The highest BCUT2D eigenvalue weighted by Crippen LogP contribution is 2.46. The summed E-state index contributed by atoms with van der Waals surface area (Å²) in [4.78, 5) is 6.25. The minimum Gasteiger partial charge on any atom is -0.367 e. The third kappa shape index (κ3) is 1.55. The predicted molar refractivity (Wildman–Crippen MR) is 79.0 cm³/mol. The first-order valence-electron chi connectivity index (χ1n) is 7.42. The van der Waals surface area contributed by atoms with Crippen LogP contribution in [0.1, 0.15) is 43.5 Å². The van der Waals surface area contributed by atoms with Gasteiger partial charge in [0.05, 0.1) is 6.04 Å². The molecule has 0 unspecified atom stereocenters. The van der Waals surface area contributed by atoms with Gasteiger partial charge in [-0.05, 0) is 31.5 Å². The van der Waals surface area contributed by atoms with E-state index in [0.717, 1.165) is 6.42 Å². The number of para-hydroxylation sites is 1. The average molecular weight is 252 g/mol. The zero-order valence-corrected chi connectivity index (χ0v) is 11.4. The van der Waals surface area contributed by atoms with Crippen molar-refractivity contribution in [2.24, 2.45) is 0 Å². The van der Waals surface area contributed by atoms with Crippen molar-refractivity contribution in [3.63, 3.8) is 0 Å². The van der Waals surface area contributed by atoms with E-state index in [0.29, 0.717) is 12.1 Å². The zero-order valence-electron chi connectivity index (χ0n) is 11.4. The van der Waals surface area contributed by atoms with Crippen LogP contribution in [0, 0.1) is 0 Å². The summed E-state index contributed by atoms with van der Waals surface area (Å²) < 4.78 is 0. The van der Waals surface area contributed by atoms with Crippen LogP contribution in [0.2, 0.25) is 0 Å². The lowest BCUT2D eigenvalue weighted by molar-refractivity contribution is 0.258. The first kappa shape index (κ1) is 11.2. The lowest BCUT2D eigenvalue weighted by atomic mass is 9.97. The number of nitrogens with one attached hydrogen (secondary N) is 1. The van der Waals surface area contributed by atoms with E-state index < -0.39 is 0 Å². The maximum absolute atomic E-state index is 3.64. The number of hydrogen-bond donors (Lipinski definition) is 1. The first-order chi connectivity index (χ1) is 9.38. The van der Waals surface area contributed by atoms with Crippen molar-refractivity contribution in [1.82, 2.24) is 9.88 Å². The highest BCUT2D eigenvalue weighted by molar-refractivity contribution is 5.85. The molecule has 2 aliphatic heterocycles. The third-order valence-corrected chi connectivity index (χ3v) is 4.67. The Balaban J connectivity index is 1.85. The van der Waals surface area contributed by atoms with E-state index in [2.05, 4.69) is 53.3 Å². The van der Waals surface area contributed by atoms with Crippen molar-refractivity contribution in [3.8, 4) is 0 Å². The van der Waals surface area contributed by atoms with Crippen molar-refractivity contribution < 1.29 is 0 Å². The summed E-state index contributed by atoms with van der Waals surface area (Å²) in [5, 5.41) is 1.43. The Labute approximate surface area is 114 Å². The average Bonchev–Trinajstić information content (AvgIpc) is 2.93. The topological polar surface area (TPSA) is 19.0 Å². The van der Waals surface area contributed by atoms with Gasteiger partial charge >= 0.3 is 0 Å². The fourth-order valence-corrected chi connectivity index (χ4v) is 3.85. The van der Waals surface area contributed by atoms with Gasteiger partial charge in [0.25, 0.3) is 0 Å². The fourth-order valence-electron chi connectivity index (χ4n) is 3.85. The second-order valence-corrected chi connectivity index (χ2v) is 5.75. The van der Waals surface area contributed by atoms with Crippen LogP contribution in [0.25, 0.3) is 10.9 Å². The molecule has 2 heteroatoms. The number of benzene rings is 1. The predicted octanol–water partition coefficient (Wildman–Crippen LogP) is 4.15. The van der Waals surface area contributed by atoms with Gasteiger partial charge in [-0.25, -0.2) is 0 Å². The maximum Gasteiger partial charge on any atom is 0.0564 e. The summed E-state index contributed by atoms with van der Waals surface area (Å²) in [7, 11) is 0. The lowest BCUT2D eigenvalue weighted by Gasteiger charge is -2.34. The lowest BCUT2D eigenvalue weighted by Crippen LogP contribution is -2.33. The van der Waals surface area contributed by atoms with Gasteiger partial charge in [0.15, 0.2) is 0 Å². The Morgan fingerprint density at radius 2 is 2.21 bits per heavy atom. The number of H-pyrrole nitrogens is 1. The molecule has 2 bridgehead atoms. The van der Waals surface area contributed by atoms with Crippen molar-refractivity contribution in [1.29, 1.82) is 0 Å². The molecule has 1 fully saturated rings. The van der Waals surface area contributed by atoms with Crippen molar-refractivity contribution in [2.75, 3.05) is 0 Å². The van der Waals surface area contributed by atoms with Crippen LogP contribution in [0.15, 0.2) is 36.5 Å². The molecule has 1 saturated heterocycles. The molecule has 0 spiro atoms. The van der Waals surface area contributed by atoms with Gasteiger partial charge in [-0.2, -0.15) is 0 Å². The molecule has 2 aliphatic rings. The quantitative estimate of drug-likeness (QED) is 0.850. The molecule has 1 N–H and O–H groups in total. The molecule has 2 aromatic rings. The van der Waals surface area contributed by atoms with E-state index in [-0.39, 0.29) is 0 Å². The van der Waals surface area contributed by atoms with Crippen molar-refractivity contribution in [3.05, 3.63) is 47.8 Å². The largest absolute Gasteiger partial charge is 0.367 e. The van der Waals surface area contributed by atoms with Crippen LogP contribution in [-0.2, 0) is 6.42 Å². The Bertz CT molecular complexity index is 638. The van der Waals surface area contributed by atoms with E-state index in [9.17, 15) is 0 Å².